The number of ether oxygens (including phenoxy) is 2. The van der Waals surface area contributed by atoms with Crippen LogP contribution in [0.1, 0.15) is 33.1 Å². The van der Waals surface area contributed by atoms with Gasteiger partial charge in [-0.05, 0) is 19.4 Å². The monoisotopic (exact) mass is 258 g/mol. The standard InChI is InChI=1S/C14H30N2O2/c1-5-7-12(15-8-6-2)9-16-10-13(17-3)14(11-16)18-4/h12-15H,5-11H2,1-4H3. The van der Waals surface area contributed by atoms with Crippen molar-refractivity contribution < 1.29 is 9.47 Å². The van der Waals surface area contributed by atoms with E-state index < -0.39 is 0 Å². The Bertz CT molecular complexity index is 202. The Morgan fingerprint density at radius 2 is 1.72 bits per heavy atom. The van der Waals surface area contributed by atoms with Crippen molar-refractivity contribution in [1.29, 1.82) is 0 Å². The molecule has 1 saturated heterocycles. The van der Waals surface area contributed by atoms with Crippen LogP contribution in [0.4, 0.5) is 0 Å². The van der Waals surface area contributed by atoms with E-state index in [-0.39, 0.29) is 12.2 Å². The first-order valence-corrected chi connectivity index (χ1v) is 7.26. The van der Waals surface area contributed by atoms with Gasteiger partial charge in [-0.3, -0.25) is 4.90 Å². The lowest BCUT2D eigenvalue weighted by atomic mass is 10.1. The number of methoxy groups -OCH3 is 2. The topological polar surface area (TPSA) is 33.7 Å². The normalized spacial score (nSPS) is 26.7. The van der Waals surface area contributed by atoms with Crippen molar-refractivity contribution in [2.45, 2.75) is 51.4 Å². The van der Waals surface area contributed by atoms with Gasteiger partial charge in [0, 0.05) is 39.9 Å². The Labute approximate surface area is 112 Å². The highest BCUT2D eigenvalue weighted by Crippen LogP contribution is 2.16. The summed E-state index contributed by atoms with van der Waals surface area (Å²) < 4.78 is 11.0. The van der Waals surface area contributed by atoms with Crippen molar-refractivity contribution in [3.8, 4) is 0 Å². The third-order valence-electron chi connectivity index (χ3n) is 3.70. The van der Waals surface area contributed by atoms with E-state index in [1.54, 1.807) is 14.2 Å². The minimum absolute atomic E-state index is 0.225. The van der Waals surface area contributed by atoms with Crippen LogP contribution in [0.15, 0.2) is 0 Å². The molecule has 0 aromatic rings. The molecule has 3 unspecified atom stereocenters. The number of hydrogen-bond acceptors (Lipinski definition) is 4. The fraction of sp³-hybridized carbons (Fsp3) is 1.00. The second-order valence-electron chi connectivity index (χ2n) is 5.21. The molecule has 0 aromatic carbocycles. The summed E-state index contributed by atoms with van der Waals surface area (Å²) in [5.41, 5.74) is 0. The van der Waals surface area contributed by atoms with Crippen molar-refractivity contribution in [3.63, 3.8) is 0 Å². The van der Waals surface area contributed by atoms with Gasteiger partial charge in [0.2, 0.25) is 0 Å². The minimum atomic E-state index is 0.225. The van der Waals surface area contributed by atoms with Gasteiger partial charge in [-0.2, -0.15) is 0 Å². The van der Waals surface area contributed by atoms with Crippen molar-refractivity contribution in [2.24, 2.45) is 0 Å². The Morgan fingerprint density at radius 3 is 2.17 bits per heavy atom. The van der Waals surface area contributed by atoms with E-state index in [1.165, 1.54) is 19.3 Å². The first-order valence-electron chi connectivity index (χ1n) is 7.26. The predicted octanol–water partition coefficient (Wildman–Crippen LogP) is 1.50. The molecule has 108 valence electrons. The van der Waals surface area contributed by atoms with E-state index in [9.17, 15) is 0 Å². The van der Waals surface area contributed by atoms with Gasteiger partial charge >= 0.3 is 0 Å². The quantitative estimate of drug-likeness (QED) is 0.679. The van der Waals surface area contributed by atoms with E-state index in [2.05, 4.69) is 24.1 Å². The summed E-state index contributed by atoms with van der Waals surface area (Å²) in [5, 5.41) is 3.64. The van der Waals surface area contributed by atoms with E-state index in [0.717, 1.165) is 26.2 Å². The fourth-order valence-electron chi connectivity index (χ4n) is 2.69. The van der Waals surface area contributed by atoms with Crippen LogP contribution >= 0.6 is 0 Å². The third-order valence-corrected chi connectivity index (χ3v) is 3.70. The molecular formula is C14H30N2O2. The van der Waals surface area contributed by atoms with Crippen LogP contribution < -0.4 is 5.32 Å². The number of nitrogens with one attached hydrogen (secondary N) is 1. The highest BCUT2D eigenvalue weighted by Gasteiger charge is 2.33. The molecule has 0 bridgehead atoms. The fourth-order valence-corrected chi connectivity index (χ4v) is 2.69. The second-order valence-corrected chi connectivity index (χ2v) is 5.21. The Kier molecular flexibility index (Phi) is 7.82. The van der Waals surface area contributed by atoms with Crippen molar-refractivity contribution >= 4 is 0 Å². The molecule has 1 aliphatic heterocycles. The number of rotatable bonds is 9. The largest absolute Gasteiger partial charge is 0.377 e. The first-order chi connectivity index (χ1) is 8.74. The zero-order valence-electron chi connectivity index (χ0n) is 12.4. The molecule has 1 heterocycles. The Balaban J connectivity index is 2.39. The minimum Gasteiger partial charge on any atom is -0.377 e. The average Bonchev–Trinajstić information content (AvgIpc) is 2.78. The van der Waals surface area contributed by atoms with E-state index in [4.69, 9.17) is 9.47 Å². The van der Waals surface area contributed by atoms with Crippen molar-refractivity contribution in [2.75, 3.05) is 40.4 Å². The van der Waals surface area contributed by atoms with Gasteiger partial charge in [-0.15, -0.1) is 0 Å². The summed E-state index contributed by atoms with van der Waals surface area (Å²) in [5.74, 6) is 0. The van der Waals surface area contributed by atoms with Gasteiger partial charge in [0.1, 0.15) is 0 Å². The zero-order valence-corrected chi connectivity index (χ0v) is 12.4. The predicted molar refractivity (Wildman–Crippen MR) is 75.0 cm³/mol. The van der Waals surface area contributed by atoms with Crippen LogP contribution in [-0.2, 0) is 9.47 Å². The maximum atomic E-state index is 5.48. The van der Waals surface area contributed by atoms with Crippen LogP contribution in [0.25, 0.3) is 0 Å². The van der Waals surface area contributed by atoms with E-state index in [1.807, 2.05) is 0 Å². The van der Waals surface area contributed by atoms with Gasteiger partial charge in [0.15, 0.2) is 0 Å². The molecule has 1 aliphatic rings. The van der Waals surface area contributed by atoms with Gasteiger partial charge in [-0.25, -0.2) is 0 Å². The summed E-state index contributed by atoms with van der Waals surface area (Å²) in [6, 6.07) is 0.600. The molecule has 4 nitrogen and oxygen atoms in total. The summed E-state index contributed by atoms with van der Waals surface area (Å²) >= 11 is 0. The third kappa shape index (κ3) is 4.84. The molecule has 0 radical (unpaired) electrons. The van der Waals surface area contributed by atoms with Crippen molar-refractivity contribution in [3.05, 3.63) is 0 Å². The second kappa shape index (κ2) is 8.86. The number of likely N-dealkylation sites (tertiary alicyclic amines) is 1. The summed E-state index contributed by atoms with van der Waals surface area (Å²) in [6.07, 6.45) is 4.12. The van der Waals surface area contributed by atoms with Crippen LogP contribution in [0.3, 0.4) is 0 Å². The lowest BCUT2D eigenvalue weighted by molar-refractivity contribution is -0.00461. The first kappa shape index (κ1) is 15.9. The zero-order chi connectivity index (χ0) is 13.4. The smallest absolute Gasteiger partial charge is 0.0971 e. The van der Waals surface area contributed by atoms with E-state index >= 15 is 0 Å². The van der Waals surface area contributed by atoms with Crippen LogP contribution in [0, 0.1) is 0 Å². The molecule has 3 atom stereocenters. The molecule has 0 aromatic heterocycles. The molecule has 0 spiro atoms. The molecular weight excluding hydrogens is 228 g/mol. The number of hydrogen-bond donors (Lipinski definition) is 1. The average molecular weight is 258 g/mol. The molecule has 1 rings (SSSR count). The van der Waals surface area contributed by atoms with E-state index in [0.29, 0.717) is 6.04 Å². The maximum absolute atomic E-state index is 5.48. The highest BCUT2D eigenvalue weighted by molar-refractivity contribution is 4.87. The van der Waals surface area contributed by atoms with Gasteiger partial charge in [0.05, 0.1) is 12.2 Å². The van der Waals surface area contributed by atoms with Gasteiger partial charge in [0.25, 0.3) is 0 Å². The van der Waals surface area contributed by atoms with Crippen molar-refractivity contribution in [1.82, 2.24) is 10.2 Å². The Morgan fingerprint density at radius 1 is 1.11 bits per heavy atom. The lowest BCUT2D eigenvalue weighted by Crippen LogP contribution is -2.41. The molecule has 0 aliphatic carbocycles. The SMILES string of the molecule is CCCNC(CCC)CN1CC(OC)C(OC)C1. The highest BCUT2D eigenvalue weighted by atomic mass is 16.5. The van der Waals surface area contributed by atoms with Crippen LogP contribution in [0.2, 0.25) is 0 Å². The van der Waals surface area contributed by atoms with Gasteiger partial charge < -0.3 is 14.8 Å². The van der Waals surface area contributed by atoms with Gasteiger partial charge in [-0.1, -0.05) is 20.3 Å². The maximum Gasteiger partial charge on any atom is 0.0971 e. The lowest BCUT2D eigenvalue weighted by Gasteiger charge is -2.24. The summed E-state index contributed by atoms with van der Waals surface area (Å²) in [7, 11) is 3.55. The van der Waals surface area contributed by atoms with Crippen LogP contribution in [-0.4, -0.2) is 63.5 Å². The number of nitrogens with zero attached hydrogens (tertiary/aromatic N) is 1. The molecule has 0 amide bonds. The summed E-state index contributed by atoms with van der Waals surface area (Å²) in [4.78, 5) is 2.46. The molecule has 18 heavy (non-hydrogen) atoms. The molecule has 4 heteroatoms. The Hall–Kier alpha value is -0.160. The van der Waals surface area contributed by atoms with Crippen LogP contribution in [0.5, 0.6) is 0 Å². The molecule has 0 saturated carbocycles. The summed E-state index contributed by atoms with van der Waals surface area (Å²) in [6.45, 7) is 8.66. The molecule has 1 N–H and O–H groups in total. The molecule has 1 fully saturated rings.